The number of urea groups is 1. The van der Waals surface area contributed by atoms with Crippen molar-refractivity contribution in [2.24, 2.45) is 21.7 Å². The van der Waals surface area contributed by atoms with E-state index in [-0.39, 0.29) is 30.7 Å². The largest absolute Gasteiger partial charge is 0.448 e. The molecule has 2 aliphatic rings. The minimum Gasteiger partial charge on any atom is -0.448 e. The molecule has 1 aromatic rings. The molecule has 7 N–H and O–H groups in total. The van der Waals surface area contributed by atoms with Gasteiger partial charge in [-0.05, 0) is 24.4 Å². The van der Waals surface area contributed by atoms with Gasteiger partial charge in [0.25, 0.3) is 0 Å². The van der Waals surface area contributed by atoms with Crippen molar-refractivity contribution in [1.82, 2.24) is 20.6 Å². The van der Waals surface area contributed by atoms with E-state index in [4.69, 9.17) is 25.1 Å². The maximum atomic E-state index is 14.4. The van der Waals surface area contributed by atoms with Crippen LogP contribution in [0.2, 0.25) is 0 Å². The number of aliphatic hydroxyl groups is 2. The summed E-state index contributed by atoms with van der Waals surface area (Å²) >= 11 is 4.65. The van der Waals surface area contributed by atoms with Crippen LogP contribution in [0.1, 0.15) is 12.6 Å². The summed E-state index contributed by atoms with van der Waals surface area (Å²) in [7, 11) is 2.72. The standard InChI is InChI=1S/C23H30F2N8O8S3/c1-12-10-33(18-23(24,25)16(35)15(11-34)41-18)20(36)30-17(12)31-22(38)40-6-8-44-43-7-5-39-21(37)29-13-3-2-4-27-14(13)9-28-32-19(26)42/h2-4,9,12,15-16,18,34-35H,5-8,10-11H2,1H3,(H,29,37)(H3,26,32,42)(H,30,31,36,38)/b28-9+. The number of carbonyl (C=O) groups excluding carboxylic acids is 3. The minimum absolute atomic E-state index is 0.0132. The molecule has 2 saturated heterocycles. The van der Waals surface area contributed by atoms with Crippen LogP contribution in [0.5, 0.6) is 0 Å². The first-order valence-corrected chi connectivity index (χ1v) is 15.7. The van der Waals surface area contributed by atoms with E-state index in [0.717, 1.165) is 0 Å². The van der Waals surface area contributed by atoms with E-state index in [1.165, 1.54) is 34.0 Å². The van der Waals surface area contributed by atoms with Crippen molar-refractivity contribution < 1.29 is 47.6 Å². The number of amides is 4. The van der Waals surface area contributed by atoms with Gasteiger partial charge in [-0.25, -0.2) is 14.4 Å². The number of aliphatic imine (C=N–C) groups is 1. The Kier molecular flexibility index (Phi) is 13.3. The number of halogens is 2. The number of nitrogens with two attached hydrogens (primary N) is 1. The molecule has 21 heteroatoms. The molecule has 0 spiro atoms. The van der Waals surface area contributed by atoms with Gasteiger partial charge in [-0.15, -0.1) is 0 Å². The number of pyridine rings is 1. The van der Waals surface area contributed by atoms with Crippen LogP contribution >= 0.6 is 33.8 Å². The van der Waals surface area contributed by atoms with E-state index >= 15 is 0 Å². The lowest BCUT2D eigenvalue weighted by atomic mass is 10.1. The maximum absolute atomic E-state index is 14.4. The lowest BCUT2D eigenvalue weighted by molar-refractivity contribution is -0.156. The molecule has 16 nitrogen and oxygen atoms in total. The molecule has 44 heavy (non-hydrogen) atoms. The van der Waals surface area contributed by atoms with Crippen LogP contribution in [0.4, 0.5) is 28.9 Å². The van der Waals surface area contributed by atoms with Crippen LogP contribution in [-0.4, -0.2) is 118 Å². The lowest BCUT2D eigenvalue weighted by Crippen LogP contribution is -2.61. The molecular formula is C23H30F2N8O8S3. The average molecular weight is 681 g/mol. The Labute approximate surface area is 262 Å². The maximum Gasteiger partial charge on any atom is 0.435 e. The topological polar surface area (TPSA) is 222 Å². The third kappa shape index (κ3) is 9.82. The summed E-state index contributed by atoms with van der Waals surface area (Å²) in [4.78, 5) is 45.1. The first-order chi connectivity index (χ1) is 20.9. The monoisotopic (exact) mass is 680 g/mol. The molecule has 242 valence electrons. The van der Waals surface area contributed by atoms with Gasteiger partial charge in [-0.3, -0.25) is 25.9 Å². The molecule has 4 amide bonds. The third-order valence-electron chi connectivity index (χ3n) is 5.80. The number of nitrogens with one attached hydrogen (secondary N) is 3. The Hall–Kier alpha value is -3.37. The highest BCUT2D eigenvalue weighted by Gasteiger charge is 2.61. The van der Waals surface area contributed by atoms with Gasteiger partial charge >= 0.3 is 24.1 Å². The molecule has 4 unspecified atom stereocenters. The van der Waals surface area contributed by atoms with Crippen molar-refractivity contribution in [1.29, 1.82) is 0 Å². The highest BCUT2D eigenvalue weighted by molar-refractivity contribution is 8.76. The van der Waals surface area contributed by atoms with E-state index in [0.29, 0.717) is 27.8 Å². The fraction of sp³-hybridized carbons (Fsp3) is 0.522. The van der Waals surface area contributed by atoms with E-state index in [1.54, 1.807) is 19.1 Å². The molecule has 2 fully saturated rings. The van der Waals surface area contributed by atoms with Gasteiger partial charge in [0.2, 0.25) is 6.23 Å². The molecule has 0 saturated carbocycles. The zero-order valence-corrected chi connectivity index (χ0v) is 25.5. The summed E-state index contributed by atoms with van der Waals surface area (Å²) in [5.41, 5.74) is 8.39. The summed E-state index contributed by atoms with van der Waals surface area (Å²) < 4.78 is 44.0. The van der Waals surface area contributed by atoms with E-state index < -0.39 is 55.1 Å². The summed E-state index contributed by atoms with van der Waals surface area (Å²) in [6, 6.07) is 2.22. The highest BCUT2D eigenvalue weighted by Crippen LogP contribution is 2.38. The molecule has 2 aliphatic heterocycles. The number of carbonyl (C=O) groups is 3. The summed E-state index contributed by atoms with van der Waals surface area (Å²) in [6.07, 6.45) is -4.77. The molecular weight excluding hydrogens is 650 g/mol. The predicted molar refractivity (Wildman–Crippen MR) is 162 cm³/mol. The van der Waals surface area contributed by atoms with E-state index in [9.17, 15) is 28.3 Å². The summed E-state index contributed by atoms with van der Waals surface area (Å²) in [6.45, 7) is 0.487. The number of rotatable bonds is 12. The Bertz CT molecular complexity index is 1260. The Balaban J connectivity index is 1.31. The van der Waals surface area contributed by atoms with Crippen LogP contribution < -0.4 is 21.8 Å². The number of thiocarbonyl (C=S) groups is 1. The molecule has 0 aromatic carbocycles. The normalized spacial score (nSPS) is 23.8. The number of nitrogens with zero attached hydrogens (tertiary/aromatic N) is 4. The fourth-order valence-corrected chi connectivity index (χ4v) is 5.47. The smallest absolute Gasteiger partial charge is 0.435 e. The molecule has 3 heterocycles. The van der Waals surface area contributed by atoms with Gasteiger partial charge < -0.3 is 30.2 Å². The van der Waals surface area contributed by atoms with Gasteiger partial charge in [0.15, 0.2) is 11.2 Å². The second kappa shape index (κ2) is 16.6. The van der Waals surface area contributed by atoms with Crippen LogP contribution in [0, 0.1) is 5.92 Å². The quantitative estimate of drug-likeness (QED) is 0.0598. The first-order valence-electron chi connectivity index (χ1n) is 12.8. The number of alkyl halides is 2. The SMILES string of the molecule is CC1CN(C2OC(CO)C(O)C2(F)F)C(=O)N/C1=N/C(=O)OCCSSCCOC(=O)Nc1cccnc1/C=N/NC(N)=S. The number of ether oxygens (including phenoxy) is 3. The van der Waals surface area contributed by atoms with Gasteiger partial charge in [0, 0.05) is 30.2 Å². The Morgan fingerprint density at radius 2 is 2.07 bits per heavy atom. The van der Waals surface area contributed by atoms with Crippen molar-refractivity contribution in [3.05, 3.63) is 24.0 Å². The molecule has 0 aliphatic carbocycles. The van der Waals surface area contributed by atoms with Crippen LogP contribution in [-0.2, 0) is 14.2 Å². The van der Waals surface area contributed by atoms with Crippen LogP contribution in [0.25, 0.3) is 0 Å². The predicted octanol–water partition coefficient (Wildman–Crippen LogP) is 1.09. The summed E-state index contributed by atoms with van der Waals surface area (Å²) in [5.74, 6) is -3.74. The van der Waals surface area contributed by atoms with Crippen molar-refractivity contribution in [3.63, 3.8) is 0 Å². The second-order valence-electron chi connectivity index (χ2n) is 9.00. The minimum atomic E-state index is -3.82. The van der Waals surface area contributed by atoms with Crippen molar-refractivity contribution >= 4 is 74.9 Å². The number of hydrazone groups is 1. The number of anilines is 1. The van der Waals surface area contributed by atoms with Gasteiger partial charge in [0.1, 0.15) is 30.8 Å². The lowest BCUT2D eigenvalue weighted by Gasteiger charge is -2.37. The Morgan fingerprint density at radius 1 is 1.36 bits per heavy atom. The average Bonchev–Trinajstić information content (AvgIpc) is 3.20. The second-order valence-corrected chi connectivity index (χ2v) is 12.1. The van der Waals surface area contributed by atoms with Crippen molar-refractivity contribution in [2.45, 2.75) is 31.3 Å². The number of aromatic nitrogens is 1. The molecule has 0 bridgehead atoms. The van der Waals surface area contributed by atoms with E-state index in [2.05, 4.69) is 43.4 Å². The van der Waals surface area contributed by atoms with Gasteiger partial charge in [0.05, 0.1) is 18.5 Å². The number of amidine groups is 1. The van der Waals surface area contributed by atoms with Crippen molar-refractivity contribution in [2.75, 3.05) is 43.2 Å². The molecule has 3 rings (SSSR count). The molecule has 4 atom stereocenters. The van der Waals surface area contributed by atoms with Gasteiger partial charge in [-0.2, -0.15) is 18.9 Å². The number of hydrogen-bond acceptors (Lipinski definition) is 13. The zero-order valence-electron chi connectivity index (χ0n) is 23.1. The Morgan fingerprint density at radius 3 is 2.73 bits per heavy atom. The molecule has 0 radical (unpaired) electrons. The van der Waals surface area contributed by atoms with Crippen LogP contribution in [0.15, 0.2) is 28.4 Å². The zero-order chi connectivity index (χ0) is 32.3. The number of hydrogen-bond donors (Lipinski definition) is 6. The summed E-state index contributed by atoms with van der Waals surface area (Å²) in [5, 5.41) is 27.5. The number of aliphatic hydroxyl groups excluding tert-OH is 2. The highest BCUT2D eigenvalue weighted by atomic mass is 33.1. The van der Waals surface area contributed by atoms with Crippen molar-refractivity contribution in [3.8, 4) is 0 Å². The molecule has 1 aromatic heterocycles. The fourth-order valence-electron chi connectivity index (χ4n) is 3.77. The van der Waals surface area contributed by atoms with Gasteiger partial charge in [-0.1, -0.05) is 28.5 Å². The third-order valence-corrected chi connectivity index (χ3v) is 8.22. The first kappa shape index (κ1) is 35.1. The van der Waals surface area contributed by atoms with E-state index in [1.807, 2.05) is 0 Å². The van der Waals surface area contributed by atoms with Crippen LogP contribution in [0.3, 0.4) is 0 Å².